The van der Waals surface area contributed by atoms with Crippen LogP contribution in [-0.4, -0.2) is 15.9 Å². The molecule has 0 saturated heterocycles. The molecule has 2 aromatic rings. The second kappa shape index (κ2) is 5.64. The smallest absolute Gasteiger partial charge is 0.275 e. The van der Waals surface area contributed by atoms with Gasteiger partial charge in [0, 0.05) is 10.7 Å². The number of nitrogens with two attached hydrogens (primary N) is 1. The number of aromatic nitrogens is 2. The number of hydrazine groups is 1. The van der Waals surface area contributed by atoms with Gasteiger partial charge in [-0.25, -0.2) is 15.8 Å². The number of carbonyl (C=O) groups is 1. The third-order valence-corrected chi connectivity index (χ3v) is 2.72. The first kappa shape index (κ1) is 13.3. The first-order chi connectivity index (χ1) is 9.10. The van der Waals surface area contributed by atoms with Gasteiger partial charge in [-0.15, -0.1) is 0 Å². The molecule has 0 unspecified atom stereocenters. The third kappa shape index (κ3) is 3.18. The van der Waals surface area contributed by atoms with E-state index in [1.54, 1.807) is 12.1 Å². The van der Waals surface area contributed by atoms with Gasteiger partial charge in [-0.3, -0.25) is 4.79 Å². The number of hydrogen-bond donors (Lipinski definition) is 3. The predicted molar refractivity (Wildman–Crippen MR) is 74.0 cm³/mol. The molecule has 0 bridgehead atoms. The third-order valence-electron chi connectivity index (χ3n) is 2.48. The number of nitrogen functional groups attached to an aromatic ring is 1. The summed E-state index contributed by atoms with van der Waals surface area (Å²) in [5, 5.41) is 3.28. The fourth-order valence-corrected chi connectivity index (χ4v) is 1.61. The lowest BCUT2D eigenvalue weighted by Crippen LogP contribution is -2.16. The molecule has 0 atom stereocenters. The summed E-state index contributed by atoms with van der Waals surface area (Å²) in [5.41, 5.74) is 4.08. The summed E-state index contributed by atoms with van der Waals surface area (Å²) in [5.74, 6) is 5.19. The molecule has 6 nitrogen and oxygen atoms in total. The van der Waals surface area contributed by atoms with Crippen molar-refractivity contribution in [1.82, 2.24) is 9.97 Å². The number of hydrogen-bond acceptors (Lipinski definition) is 5. The molecular weight excluding hydrogens is 266 g/mol. The molecule has 0 fully saturated rings. The van der Waals surface area contributed by atoms with Crippen LogP contribution in [0.25, 0.3) is 0 Å². The Labute approximate surface area is 115 Å². The highest BCUT2D eigenvalue weighted by Gasteiger charge is 2.10. The van der Waals surface area contributed by atoms with E-state index in [0.29, 0.717) is 16.5 Å². The lowest BCUT2D eigenvalue weighted by atomic mass is 10.2. The van der Waals surface area contributed by atoms with Gasteiger partial charge in [-0.2, -0.15) is 0 Å². The SMILES string of the molecule is Cc1ccc(Cl)cc1NC(=O)c1cnc(NN)cn1. The number of nitrogens with one attached hydrogen (secondary N) is 2. The highest BCUT2D eigenvalue weighted by Crippen LogP contribution is 2.20. The summed E-state index contributed by atoms with van der Waals surface area (Å²) in [6.45, 7) is 1.87. The fraction of sp³-hybridized carbons (Fsp3) is 0.0833. The van der Waals surface area contributed by atoms with Crippen molar-refractivity contribution >= 4 is 29.0 Å². The van der Waals surface area contributed by atoms with Crippen LogP contribution < -0.4 is 16.6 Å². The first-order valence-electron chi connectivity index (χ1n) is 5.46. The maximum Gasteiger partial charge on any atom is 0.275 e. The molecule has 0 aliphatic carbocycles. The Kier molecular flexibility index (Phi) is 3.94. The highest BCUT2D eigenvalue weighted by atomic mass is 35.5. The van der Waals surface area contributed by atoms with Crippen molar-refractivity contribution < 1.29 is 4.79 Å². The van der Waals surface area contributed by atoms with Gasteiger partial charge < -0.3 is 10.7 Å². The van der Waals surface area contributed by atoms with Crippen LogP contribution in [0.5, 0.6) is 0 Å². The molecule has 0 radical (unpaired) electrons. The molecule has 1 amide bonds. The second-order valence-electron chi connectivity index (χ2n) is 3.84. The Morgan fingerprint density at radius 2 is 2.11 bits per heavy atom. The van der Waals surface area contributed by atoms with E-state index >= 15 is 0 Å². The minimum atomic E-state index is -0.360. The average molecular weight is 278 g/mol. The molecule has 1 aromatic heterocycles. The van der Waals surface area contributed by atoms with Crippen LogP contribution >= 0.6 is 11.6 Å². The lowest BCUT2D eigenvalue weighted by molar-refractivity contribution is 0.102. The molecule has 0 aliphatic rings. The van der Waals surface area contributed by atoms with Crippen LogP contribution in [-0.2, 0) is 0 Å². The number of nitrogens with zero attached hydrogens (tertiary/aromatic N) is 2. The van der Waals surface area contributed by atoms with E-state index in [9.17, 15) is 4.79 Å². The van der Waals surface area contributed by atoms with Crippen LogP contribution in [0.3, 0.4) is 0 Å². The van der Waals surface area contributed by atoms with Gasteiger partial charge in [0.25, 0.3) is 5.91 Å². The quantitative estimate of drug-likeness (QED) is 0.589. The van der Waals surface area contributed by atoms with E-state index in [1.165, 1.54) is 12.4 Å². The largest absolute Gasteiger partial charge is 0.320 e. The summed E-state index contributed by atoms with van der Waals surface area (Å²) in [6, 6.07) is 5.26. The predicted octanol–water partition coefficient (Wildman–Crippen LogP) is 1.98. The maximum absolute atomic E-state index is 12.0. The van der Waals surface area contributed by atoms with Gasteiger partial charge >= 0.3 is 0 Å². The average Bonchev–Trinajstić information content (AvgIpc) is 2.43. The summed E-state index contributed by atoms with van der Waals surface area (Å²) in [4.78, 5) is 19.8. The zero-order valence-electron chi connectivity index (χ0n) is 10.1. The van der Waals surface area contributed by atoms with Gasteiger partial charge in [0.1, 0.15) is 5.69 Å². The number of carbonyl (C=O) groups excluding carboxylic acids is 1. The number of anilines is 2. The number of aryl methyl sites for hydroxylation is 1. The van der Waals surface area contributed by atoms with E-state index in [1.807, 2.05) is 13.0 Å². The van der Waals surface area contributed by atoms with Gasteiger partial charge in [0.2, 0.25) is 0 Å². The van der Waals surface area contributed by atoms with Crippen LogP contribution in [0.15, 0.2) is 30.6 Å². The number of rotatable bonds is 3. The number of benzene rings is 1. The topological polar surface area (TPSA) is 92.9 Å². The summed E-state index contributed by atoms with van der Waals surface area (Å²) >= 11 is 5.88. The zero-order chi connectivity index (χ0) is 13.8. The standard InChI is InChI=1S/C12H12ClN5O/c1-7-2-3-8(13)4-9(7)17-12(19)10-5-16-11(18-14)6-15-10/h2-6H,14H2,1H3,(H,16,18)(H,17,19). The number of amides is 1. The van der Waals surface area contributed by atoms with E-state index in [0.717, 1.165) is 5.56 Å². The molecule has 0 aliphatic heterocycles. The van der Waals surface area contributed by atoms with Crippen molar-refractivity contribution in [1.29, 1.82) is 0 Å². The lowest BCUT2D eigenvalue weighted by Gasteiger charge is -2.08. The second-order valence-corrected chi connectivity index (χ2v) is 4.28. The van der Waals surface area contributed by atoms with E-state index in [2.05, 4.69) is 20.7 Å². The van der Waals surface area contributed by atoms with Gasteiger partial charge in [-0.1, -0.05) is 17.7 Å². The van der Waals surface area contributed by atoms with Crippen LogP contribution in [0.1, 0.15) is 16.1 Å². The van der Waals surface area contributed by atoms with Crippen LogP contribution in [0.2, 0.25) is 5.02 Å². The minimum absolute atomic E-state index is 0.193. The molecule has 1 heterocycles. The van der Waals surface area contributed by atoms with Crippen LogP contribution in [0, 0.1) is 6.92 Å². The molecular formula is C12H12ClN5O. The van der Waals surface area contributed by atoms with Crippen molar-refractivity contribution in [2.75, 3.05) is 10.7 Å². The monoisotopic (exact) mass is 277 g/mol. The number of halogens is 1. The zero-order valence-corrected chi connectivity index (χ0v) is 10.9. The minimum Gasteiger partial charge on any atom is -0.320 e. The highest BCUT2D eigenvalue weighted by molar-refractivity contribution is 6.31. The normalized spacial score (nSPS) is 10.1. The van der Waals surface area contributed by atoms with Crippen LogP contribution in [0.4, 0.5) is 11.5 Å². The first-order valence-corrected chi connectivity index (χ1v) is 5.84. The van der Waals surface area contributed by atoms with Crippen molar-refractivity contribution in [3.05, 3.63) is 46.9 Å². The fourth-order valence-electron chi connectivity index (χ4n) is 1.44. The Balaban J connectivity index is 2.18. The Bertz CT molecular complexity index is 600. The maximum atomic E-state index is 12.0. The van der Waals surface area contributed by atoms with Crippen molar-refractivity contribution in [3.63, 3.8) is 0 Å². The molecule has 98 valence electrons. The Morgan fingerprint density at radius 3 is 2.74 bits per heavy atom. The molecule has 1 aromatic carbocycles. The van der Waals surface area contributed by atoms with Crippen molar-refractivity contribution in [2.45, 2.75) is 6.92 Å². The molecule has 0 saturated carbocycles. The molecule has 2 rings (SSSR count). The van der Waals surface area contributed by atoms with Gasteiger partial charge in [-0.05, 0) is 24.6 Å². The molecule has 7 heteroatoms. The van der Waals surface area contributed by atoms with E-state index in [4.69, 9.17) is 17.4 Å². The van der Waals surface area contributed by atoms with Crippen molar-refractivity contribution in [2.24, 2.45) is 5.84 Å². The molecule has 4 N–H and O–H groups in total. The molecule has 19 heavy (non-hydrogen) atoms. The summed E-state index contributed by atoms with van der Waals surface area (Å²) in [6.07, 6.45) is 2.71. The Morgan fingerprint density at radius 1 is 1.32 bits per heavy atom. The van der Waals surface area contributed by atoms with Gasteiger partial charge in [0.15, 0.2) is 5.82 Å². The molecule has 0 spiro atoms. The summed E-state index contributed by atoms with van der Waals surface area (Å²) < 4.78 is 0. The van der Waals surface area contributed by atoms with E-state index < -0.39 is 0 Å². The summed E-state index contributed by atoms with van der Waals surface area (Å²) in [7, 11) is 0. The van der Waals surface area contributed by atoms with Gasteiger partial charge in [0.05, 0.1) is 12.4 Å². The van der Waals surface area contributed by atoms with Crippen molar-refractivity contribution in [3.8, 4) is 0 Å². The Hall–Kier alpha value is -2.18. The van der Waals surface area contributed by atoms with E-state index in [-0.39, 0.29) is 11.6 Å².